The van der Waals surface area contributed by atoms with E-state index in [1.165, 1.54) is 23.6 Å². The van der Waals surface area contributed by atoms with E-state index < -0.39 is 0 Å². The lowest BCUT2D eigenvalue weighted by molar-refractivity contribution is -0.385. The molecule has 2 aromatic rings. The van der Waals surface area contributed by atoms with Crippen molar-refractivity contribution in [1.29, 1.82) is 0 Å². The van der Waals surface area contributed by atoms with Crippen molar-refractivity contribution in [2.45, 2.75) is 13.3 Å². The zero-order valence-corrected chi connectivity index (χ0v) is 11.6. The van der Waals surface area contributed by atoms with Crippen molar-refractivity contribution >= 4 is 34.2 Å². The molecule has 0 bridgehead atoms. The topological polar surface area (TPSA) is 106 Å². The van der Waals surface area contributed by atoms with E-state index in [0.29, 0.717) is 28.5 Å². The number of nitrogens with zero attached hydrogens (tertiary/aromatic N) is 3. The minimum absolute atomic E-state index is 0.106. The first kappa shape index (κ1) is 13.9. The molecule has 1 heterocycles. The molecule has 0 radical (unpaired) electrons. The van der Waals surface area contributed by atoms with Gasteiger partial charge >= 0.3 is 0 Å². The minimum atomic E-state index is -0.384. The molecular weight excluding hydrogens is 278 g/mol. The highest BCUT2D eigenvalue weighted by atomic mass is 32.1. The summed E-state index contributed by atoms with van der Waals surface area (Å²) in [6.07, 6.45) is 2.12. The predicted octanol–water partition coefficient (Wildman–Crippen LogP) is 2.64. The molecule has 0 aliphatic rings. The van der Waals surface area contributed by atoms with Gasteiger partial charge in [-0.05, 0) is 6.42 Å². The molecule has 0 spiro atoms. The number of hydrogen-bond acceptors (Lipinski definition) is 7. The molecule has 0 unspecified atom stereocenters. The van der Waals surface area contributed by atoms with Crippen LogP contribution in [0.2, 0.25) is 0 Å². The van der Waals surface area contributed by atoms with Crippen LogP contribution in [0.3, 0.4) is 0 Å². The second-order valence-electron chi connectivity index (χ2n) is 3.95. The Morgan fingerprint density at radius 2 is 2.40 bits per heavy atom. The van der Waals surface area contributed by atoms with Gasteiger partial charge in [0, 0.05) is 22.6 Å². The molecular formula is C12H13N5O2S. The highest BCUT2D eigenvalue weighted by molar-refractivity contribution is 7.14. The fourth-order valence-corrected chi connectivity index (χ4v) is 2.18. The van der Waals surface area contributed by atoms with Gasteiger partial charge in [0.2, 0.25) is 5.13 Å². The van der Waals surface area contributed by atoms with Gasteiger partial charge in [0.05, 0.1) is 11.1 Å². The summed E-state index contributed by atoms with van der Waals surface area (Å²) in [5, 5.41) is 17.2. The van der Waals surface area contributed by atoms with E-state index in [1.807, 2.05) is 6.92 Å². The van der Waals surface area contributed by atoms with Gasteiger partial charge in [-0.2, -0.15) is 5.10 Å². The number of nitrogens with two attached hydrogens (primary N) is 1. The summed E-state index contributed by atoms with van der Waals surface area (Å²) >= 11 is 1.33. The molecule has 1 aromatic carbocycles. The molecule has 7 nitrogen and oxygen atoms in total. The summed E-state index contributed by atoms with van der Waals surface area (Å²) in [7, 11) is 0. The Kier molecular flexibility index (Phi) is 4.26. The maximum atomic E-state index is 11.0. The summed E-state index contributed by atoms with van der Waals surface area (Å²) in [6, 6.07) is 5.02. The van der Waals surface area contributed by atoms with Crippen molar-refractivity contribution < 1.29 is 4.92 Å². The van der Waals surface area contributed by atoms with E-state index in [9.17, 15) is 10.1 Å². The van der Waals surface area contributed by atoms with Crippen LogP contribution in [-0.2, 0) is 6.42 Å². The Hall–Kier alpha value is -2.48. The molecule has 2 rings (SSSR count). The van der Waals surface area contributed by atoms with Gasteiger partial charge in [-0.15, -0.1) is 11.3 Å². The predicted molar refractivity (Wildman–Crippen MR) is 80.2 cm³/mol. The third-order valence-electron chi connectivity index (χ3n) is 2.58. The molecule has 104 valence electrons. The van der Waals surface area contributed by atoms with Gasteiger partial charge in [-0.25, -0.2) is 4.98 Å². The number of thiazole rings is 1. The molecule has 0 amide bonds. The molecule has 8 heteroatoms. The second-order valence-corrected chi connectivity index (χ2v) is 4.80. The number of nitro benzene ring substituents is 1. The molecule has 1 aromatic heterocycles. The van der Waals surface area contributed by atoms with Gasteiger partial charge in [0.15, 0.2) is 0 Å². The number of hydrogen-bond donors (Lipinski definition) is 2. The molecule has 0 saturated carbocycles. The number of nitrogen functional groups attached to an aromatic ring is 1. The quantitative estimate of drug-likeness (QED) is 0.500. The van der Waals surface area contributed by atoms with Crippen LogP contribution in [0.1, 0.15) is 18.1 Å². The first-order valence-electron chi connectivity index (χ1n) is 5.87. The van der Waals surface area contributed by atoms with E-state index in [2.05, 4.69) is 15.5 Å². The highest BCUT2D eigenvalue weighted by Crippen LogP contribution is 2.20. The third kappa shape index (κ3) is 3.29. The van der Waals surface area contributed by atoms with Gasteiger partial charge in [-0.3, -0.25) is 15.5 Å². The van der Waals surface area contributed by atoms with Crippen LogP contribution in [-0.4, -0.2) is 16.1 Å². The minimum Gasteiger partial charge on any atom is -0.383 e. The van der Waals surface area contributed by atoms with Crippen LogP contribution in [0, 0.1) is 10.1 Å². The average Bonchev–Trinajstić information content (AvgIpc) is 2.84. The number of rotatable bonds is 5. The first-order chi connectivity index (χ1) is 9.60. The van der Waals surface area contributed by atoms with Crippen molar-refractivity contribution in [3.05, 3.63) is 44.8 Å². The van der Waals surface area contributed by atoms with Crippen LogP contribution in [0.15, 0.2) is 28.7 Å². The van der Waals surface area contributed by atoms with Crippen molar-refractivity contribution in [3.8, 4) is 0 Å². The third-order valence-corrected chi connectivity index (χ3v) is 3.35. The zero-order valence-electron chi connectivity index (χ0n) is 10.7. The second kappa shape index (κ2) is 6.11. The molecule has 3 N–H and O–H groups in total. The Morgan fingerprint density at radius 1 is 1.60 bits per heavy atom. The number of hydrazone groups is 1. The Bertz CT molecular complexity index is 653. The fourth-order valence-electron chi connectivity index (χ4n) is 1.63. The van der Waals surface area contributed by atoms with E-state index >= 15 is 0 Å². The van der Waals surface area contributed by atoms with Gasteiger partial charge in [0.25, 0.3) is 5.69 Å². The van der Waals surface area contributed by atoms with E-state index in [1.54, 1.807) is 17.5 Å². The average molecular weight is 291 g/mol. The fraction of sp³-hybridized carbons (Fsp3) is 0.167. The summed E-state index contributed by atoms with van der Waals surface area (Å²) in [6.45, 7) is 1.88. The lowest BCUT2D eigenvalue weighted by atomic mass is 10.1. The van der Waals surface area contributed by atoms with Crippen LogP contribution in [0.5, 0.6) is 0 Å². The van der Waals surface area contributed by atoms with Crippen LogP contribution < -0.4 is 11.2 Å². The first-order valence-corrected chi connectivity index (χ1v) is 6.75. The molecule has 0 saturated heterocycles. The van der Waals surface area contributed by atoms with Crippen LogP contribution in [0.4, 0.5) is 16.6 Å². The maximum absolute atomic E-state index is 11.0. The summed E-state index contributed by atoms with van der Waals surface area (Å²) < 4.78 is 0. The summed E-state index contributed by atoms with van der Waals surface area (Å²) in [5.41, 5.74) is 9.65. The number of anilines is 2. The van der Waals surface area contributed by atoms with E-state index in [-0.39, 0.29) is 10.6 Å². The number of aromatic nitrogens is 1. The van der Waals surface area contributed by atoms with Gasteiger partial charge < -0.3 is 5.73 Å². The normalized spacial score (nSPS) is 10.8. The van der Waals surface area contributed by atoms with Crippen molar-refractivity contribution in [3.63, 3.8) is 0 Å². The number of benzene rings is 1. The van der Waals surface area contributed by atoms with Crippen molar-refractivity contribution in [2.75, 3.05) is 11.2 Å². The van der Waals surface area contributed by atoms with Crippen molar-refractivity contribution in [1.82, 2.24) is 4.98 Å². The van der Waals surface area contributed by atoms with Crippen LogP contribution in [0.25, 0.3) is 0 Å². The summed E-state index contributed by atoms with van der Waals surface area (Å²) in [5.74, 6) is 0.427. The van der Waals surface area contributed by atoms with Gasteiger partial charge in [0.1, 0.15) is 5.82 Å². The SMILES string of the molecule is CCc1ccc(C=NNc2nc(N)cs2)cc1[N+](=O)[O-]. The molecule has 0 fully saturated rings. The van der Waals surface area contributed by atoms with E-state index in [0.717, 1.165) is 0 Å². The van der Waals surface area contributed by atoms with Crippen molar-refractivity contribution in [2.24, 2.45) is 5.10 Å². The molecule has 0 aliphatic heterocycles. The van der Waals surface area contributed by atoms with Gasteiger partial charge in [-0.1, -0.05) is 19.1 Å². The monoisotopic (exact) mass is 291 g/mol. The number of nitro groups is 1. The molecule has 0 atom stereocenters. The number of aryl methyl sites for hydroxylation is 1. The highest BCUT2D eigenvalue weighted by Gasteiger charge is 2.12. The lowest BCUT2D eigenvalue weighted by Crippen LogP contribution is -1.97. The van der Waals surface area contributed by atoms with Crippen LogP contribution >= 0.6 is 11.3 Å². The molecule has 0 aliphatic carbocycles. The maximum Gasteiger partial charge on any atom is 0.273 e. The smallest absolute Gasteiger partial charge is 0.273 e. The van der Waals surface area contributed by atoms with E-state index in [4.69, 9.17) is 5.73 Å². The standard InChI is InChI=1S/C12H13N5O2S/c1-2-9-4-3-8(5-10(9)17(18)19)6-14-16-12-15-11(13)7-20-12/h3-7H,2,13H2,1H3,(H,15,16). The molecule has 20 heavy (non-hydrogen) atoms. The largest absolute Gasteiger partial charge is 0.383 e. The Morgan fingerprint density at radius 3 is 3.00 bits per heavy atom. The lowest BCUT2D eigenvalue weighted by Gasteiger charge is -2.00. The zero-order chi connectivity index (χ0) is 14.5. The Labute approximate surface area is 119 Å². The Balaban J connectivity index is 2.13. The number of nitrogens with one attached hydrogen (secondary N) is 1. The summed E-state index contributed by atoms with van der Waals surface area (Å²) in [4.78, 5) is 14.5.